The number of benzene rings is 10. The fourth-order valence-corrected chi connectivity index (χ4v) is 11.3. The van der Waals surface area contributed by atoms with E-state index >= 15 is 0 Å². The molecule has 0 bridgehead atoms. The Labute approximate surface area is 331 Å². The highest BCUT2D eigenvalue weighted by Gasteiger charge is 2.26. The van der Waals surface area contributed by atoms with E-state index in [9.17, 15) is 0 Å². The van der Waals surface area contributed by atoms with Crippen LogP contribution in [0.4, 0.5) is 0 Å². The fourth-order valence-electron chi connectivity index (χ4n) is 9.92. The Hall–Kier alpha value is -7.20. The normalized spacial score (nSPS) is 12.2. The Balaban J connectivity index is 1.29. The molecule has 0 fully saturated rings. The van der Waals surface area contributed by atoms with E-state index in [0.29, 0.717) is 0 Å². The smallest absolute Gasteiger partial charge is 0.0627 e. The third kappa shape index (κ3) is 4.19. The summed E-state index contributed by atoms with van der Waals surface area (Å²) in [5.74, 6) is 0. The molecule has 0 radical (unpaired) electrons. The number of para-hydroxylation sites is 2. The zero-order valence-electron chi connectivity index (χ0n) is 30.8. The van der Waals surface area contributed by atoms with Crippen LogP contribution in [0, 0.1) is 0 Å². The molecule has 264 valence electrons. The van der Waals surface area contributed by atoms with Crippen molar-refractivity contribution in [2.45, 2.75) is 0 Å². The van der Waals surface area contributed by atoms with Gasteiger partial charge in [0.15, 0.2) is 0 Å². The van der Waals surface area contributed by atoms with E-state index in [1.807, 2.05) is 11.3 Å². The summed E-state index contributed by atoms with van der Waals surface area (Å²) in [5, 5.41) is 15.2. The fraction of sp³-hybridized carbons (Fsp3) is 0. The highest BCUT2D eigenvalue weighted by molar-refractivity contribution is 7.27. The van der Waals surface area contributed by atoms with Gasteiger partial charge in [0.2, 0.25) is 0 Å². The van der Waals surface area contributed by atoms with Gasteiger partial charge in [-0.1, -0.05) is 170 Å². The van der Waals surface area contributed by atoms with Crippen molar-refractivity contribution in [1.82, 2.24) is 9.13 Å². The van der Waals surface area contributed by atoms with Gasteiger partial charge >= 0.3 is 0 Å². The van der Waals surface area contributed by atoms with E-state index in [2.05, 4.69) is 203 Å². The Morgan fingerprint density at radius 3 is 1.70 bits per heavy atom. The third-order valence-corrected chi connectivity index (χ3v) is 13.5. The Kier molecular flexibility index (Phi) is 6.35. The second-order valence-electron chi connectivity index (χ2n) is 15.2. The predicted octanol–water partition coefficient (Wildman–Crippen LogP) is 15.4. The molecule has 2 nitrogen and oxygen atoms in total. The van der Waals surface area contributed by atoms with Crippen LogP contribution in [0.1, 0.15) is 0 Å². The summed E-state index contributed by atoms with van der Waals surface area (Å²) in [5.41, 5.74) is 9.85. The minimum absolute atomic E-state index is 1.16. The van der Waals surface area contributed by atoms with E-state index in [-0.39, 0.29) is 0 Å². The minimum Gasteiger partial charge on any atom is -0.309 e. The summed E-state index contributed by atoms with van der Waals surface area (Å²) in [4.78, 5) is 0. The number of rotatable bonds is 3. The minimum atomic E-state index is 1.16. The van der Waals surface area contributed by atoms with E-state index < -0.39 is 0 Å². The predicted molar refractivity (Wildman–Crippen MR) is 246 cm³/mol. The highest BCUT2D eigenvalue weighted by atomic mass is 32.1. The van der Waals surface area contributed by atoms with Crippen LogP contribution in [-0.2, 0) is 0 Å². The molecule has 13 rings (SSSR count). The van der Waals surface area contributed by atoms with Crippen molar-refractivity contribution in [3.63, 3.8) is 0 Å². The van der Waals surface area contributed by atoms with Crippen molar-refractivity contribution in [3.05, 3.63) is 194 Å². The molecule has 0 N–H and O–H groups in total. The van der Waals surface area contributed by atoms with Crippen LogP contribution < -0.4 is 0 Å². The first-order valence-corrected chi connectivity index (χ1v) is 20.4. The monoisotopic (exact) mass is 740 g/mol. The van der Waals surface area contributed by atoms with Gasteiger partial charge in [0, 0.05) is 74.3 Å². The Bertz CT molecular complexity index is 3790. The largest absolute Gasteiger partial charge is 0.309 e. The van der Waals surface area contributed by atoms with Crippen molar-refractivity contribution in [3.8, 4) is 22.5 Å². The van der Waals surface area contributed by atoms with Gasteiger partial charge in [-0.15, -0.1) is 11.3 Å². The number of thiophene rings is 1. The number of aromatic nitrogens is 2. The second kappa shape index (κ2) is 11.7. The molecule has 0 aliphatic carbocycles. The van der Waals surface area contributed by atoms with Gasteiger partial charge < -0.3 is 9.13 Å². The van der Waals surface area contributed by atoms with Crippen molar-refractivity contribution in [2.75, 3.05) is 0 Å². The van der Waals surface area contributed by atoms with Gasteiger partial charge in [0.25, 0.3) is 0 Å². The second-order valence-corrected chi connectivity index (χ2v) is 16.2. The van der Waals surface area contributed by atoms with Gasteiger partial charge in [-0.2, -0.15) is 0 Å². The van der Waals surface area contributed by atoms with E-state index in [0.717, 1.165) is 5.69 Å². The summed E-state index contributed by atoms with van der Waals surface area (Å²) in [6.45, 7) is 0. The molecule has 0 saturated carbocycles. The first kappa shape index (κ1) is 31.1. The first-order chi connectivity index (χ1) is 28.3. The summed E-state index contributed by atoms with van der Waals surface area (Å²) in [7, 11) is 0. The average Bonchev–Trinajstić information content (AvgIpc) is 3.95. The molecule has 0 saturated heterocycles. The Morgan fingerprint density at radius 1 is 0.333 bits per heavy atom. The first-order valence-electron chi connectivity index (χ1n) is 19.6. The quantitative estimate of drug-likeness (QED) is 0.171. The van der Waals surface area contributed by atoms with E-state index in [1.165, 1.54) is 113 Å². The highest BCUT2D eigenvalue weighted by Crippen LogP contribution is 2.50. The molecule has 3 heteroatoms. The molecule has 0 aliphatic heterocycles. The molecule has 0 atom stereocenters. The van der Waals surface area contributed by atoms with Crippen molar-refractivity contribution in [1.29, 1.82) is 0 Å². The maximum atomic E-state index is 2.63. The van der Waals surface area contributed by atoms with Crippen LogP contribution in [0.2, 0.25) is 0 Å². The van der Waals surface area contributed by atoms with Crippen molar-refractivity contribution in [2.24, 2.45) is 0 Å². The zero-order valence-corrected chi connectivity index (χ0v) is 31.6. The van der Waals surface area contributed by atoms with E-state index in [4.69, 9.17) is 0 Å². The molecule has 0 spiro atoms. The molecule has 10 aromatic carbocycles. The lowest BCUT2D eigenvalue weighted by Gasteiger charge is -2.16. The summed E-state index contributed by atoms with van der Waals surface area (Å²) in [6.07, 6.45) is 0. The molecule has 0 unspecified atom stereocenters. The van der Waals surface area contributed by atoms with Crippen LogP contribution >= 0.6 is 11.3 Å². The van der Waals surface area contributed by atoms with Gasteiger partial charge in [-0.3, -0.25) is 0 Å². The average molecular weight is 741 g/mol. The zero-order chi connectivity index (χ0) is 37.2. The van der Waals surface area contributed by atoms with Crippen molar-refractivity contribution < 1.29 is 0 Å². The molecular weight excluding hydrogens is 709 g/mol. The number of hydrogen-bond donors (Lipinski definition) is 0. The topological polar surface area (TPSA) is 9.86 Å². The molecule has 0 amide bonds. The molecule has 57 heavy (non-hydrogen) atoms. The summed E-state index contributed by atoms with van der Waals surface area (Å²) < 4.78 is 7.78. The summed E-state index contributed by atoms with van der Waals surface area (Å²) in [6, 6.07) is 71.7. The van der Waals surface area contributed by atoms with Crippen LogP contribution in [-0.4, -0.2) is 9.13 Å². The third-order valence-electron chi connectivity index (χ3n) is 12.2. The summed E-state index contributed by atoms with van der Waals surface area (Å²) >= 11 is 1.92. The molecular formula is C54H32N2S. The lowest BCUT2D eigenvalue weighted by molar-refractivity contribution is 1.19. The SMILES string of the molecule is c1ccc(-c2cccc3c2sc2c4ccccc4c(-n4c5c6ccccc6ccc5c5c6c7ccccc7n(-c7ccccc7)c6c6ccccc6c54)cc32)cc1. The van der Waals surface area contributed by atoms with Gasteiger partial charge in [0.05, 0.1) is 27.8 Å². The van der Waals surface area contributed by atoms with Crippen molar-refractivity contribution >= 4 is 107 Å². The molecule has 13 aromatic rings. The maximum absolute atomic E-state index is 2.63. The number of fused-ring (bicyclic) bond motifs is 17. The van der Waals surface area contributed by atoms with Crippen LogP contribution in [0.25, 0.3) is 119 Å². The van der Waals surface area contributed by atoms with Gasteiger partial charge in [-0.05, 0) is 40.8 Å². The lowest BCUT2D eigenvalue weighted by Crippen LogP contribution is -1.98. The Morgan fingerprint density at radius 2 is 0.912 bits per heavy atom. The van der Waals surface area contributed by atoms with Crippen LogP contribution in [0.15, 0.2) is 194 Å². The van der Waals surface area contributed by atoms with Crippen LogP contribution in [0.5, 0.6) is 0 Å². The number of nitrogens with zero attached hydrogens (tertiary/aromatic N) is 2. The number of hydrogen-bond acceptors (Lipinski definition) is 1. The standard InChI is InChI=1S/C54H32N2S/c1-3-16-33(17-4-1)37-27-15-28-42-45-32-47(38-22-9-12-25-41(38)54(45)57-53(37)42)56-50-36-21-8-7-18-34(36)30-31-44(50)49-48-43-26-13-14-29-46(43)55(35-19-5-2-6-20-35)51(48)39-23-10-11-24-40(39)52(49)56/h1-32H. The molecule has 3 aromatic heterocycles. The molecule has 0 aliphatic rings. The van der Waals surface area contributed by atoms with Crippen LogP contribution in [0.3, 0.4) is 0 Å². The van der Waals surface area contributed by atoms with Gasteiger partial charge in [-0.25, -0.2) is 0 Å². The molecule has 3 heterocycles. The van der Waals surface area contributed by atoms with E-state index in [1.54, 1.807) is 0 Å². The maximum Gasteiger partial charge on any atom is 0.0627 e. The van der Waals surface area contributed by atoms with Gasteiger partial charge in [0.1, 0.15) is 0 Å². The lowest BCUT2D eigenvalue weighted by atomic mass is 9.98.